The Kier molecular flexibility index (Phi) is 6.43. The topological polar surface area (TPSA) is 35.5 Å². The zero-order valence-corrected chi connectivity index (χ0v) is 20.2. The van der Waals surface area contributed by atoms with Gasteiger partial charge in [-0.1, -0.05) is 62.5 Å². The molecule has 0 spiro atoms. The molecular weight excluding hydrogens is 416 g/mol. The van der Waals surface area contributed by atoms with Crippen LogP contribution in [-0.2, 0) is 14.3 Å². The highest BCUT2D eigenvalue weighted by Crippen LogP contribution is 2.60. The first-order valence-electron chi connectivity index (χ1n) is 11.2. The quantitative estimate of drug-likeness (QED) is 0.419. The molecule has 0 amide bonds. The maximum atomic E-state index is 12.4. The molecule has 3 rings (SSSR count). The first-order chi connectivity index (χ1) is 13.0. The van der Waals surface area contributed by atoms with Gasteiger partial charge in [0.2, 0.25) is 6.29 Å². The van der Waals surface area contributed by atoms with Crippen LogP contribution >= 0.6 is 15.9 Å². The summed E-state index contributed by atoms with van der Waals surface area (Å²) in [4.78, 5) is 14.6. The maximum Gasteiger partial charge on any atom is 0.340 e. The predicted octanol–water partition coefficient (Wildman–Crippen LogP) is 6.99. The maximum absolute atomic E-state index is 12.4. The van der Waals surface area contributed by atoms with Crippen LogP contribution in [0.2, 0.25) is 0 Å². The monoisotopic (exact) mass is 454 g/mol. The number of carbonyl (C=O) groups excluding carboxylic acids is 1. The highest BCUT2D eigenvalue weighted by molar-refractivity contribution is 9.11. The number of esters is 1. The van der Waals surface area contributed by atoms with Crippen molar-refractivity contribution in [3.8, 4) is 0 Å². The minimum Gasteiger partial charge on any atom is -0.433 e. The molecule has 0 radical (unpaired) electrons. The average molecular weight is 455 g/mol. The summed E-state index contributed by atoms with van der Waals surface area (Å²) in [5.41, 5.74) is 1.11. The average Bonchev–Trinajstić information content (AvgIpc) is 3.11. The summed E-state index contributed by atoms with van der Waals surface area (Å²) in [6.07, 6.45) is 9.11. The molecule has 3 nitrogen and oxygen atoms in total. The fraction of sp³-hybridized carbons (Fsp3) is 0.875. The Morgan fingerprint density at radius 2 is 2.00 bits per heavy atom. The second-order valence-electron chi connectivity index (χ2n) is 11.1. The molecule has 0 N–H and O–H groups in total. The van der Waals surface area contributed by atoms with Gasteiger partial charge in [0.15, 0.2) is 5.60 Å². The molecule has 160 valence electrons. The van der Waals surface area contributed by atoms with Gasteiger partial charge in [0, 0.05) is 5.41 Å². The Labute approximate surface area is 180 Å². The van der Waals surface area contributed by atoms with E-state index in [0.29, 0.717) is 11.3 Å². The summed E-state index contributed by atoms with van der Waals surface area (Å²) in [6.45, 7) is 13.0. The van der Waals surface area contributed by atoms with E-state index in [0.717, 1.165) is 31.1 Å². The first kappa shape index (κ1) is 22.3. The lowest BCUT2D eigenvalue weighted by Crippen LogP contribution is -2.36. The minimum atomic E-state index is -0.781. The molecule has 0 aromatic carbocycles. The van der Waals surface area contributed by atoms with Gasteiger partial charge in [-0.05, 0) is 80.0 Å². The molecule has 1 heterocycles. The minimum absolute atomic E-state index is 0.185. The fourth-order valence-electron chi connectivity index (χ4n) is 6.15. The second-order valence-corrected chi connectivity index (χ2v) is 11.6. The van der Waals surface area contributed by atoms with Crippen LogP contribution in [0.5, 0.6) is 0 Å². The summed E-state index contributed by atoms with van der Waals surface area (Å²) >= 11 is 3.62. The highest BCUT2D eigenvalue weighted by atomic mass is 79.9. The molecule has 0 aromatic heterocycles. The molecule has 28 heavy (non-hydrogen) atoms. The van der Waals surface area contributed by atoms with E-state index < -0.39 is 11.9 Å². The number of allylic oxidation sites excluding steroid dienone is 1. The van der Waals surface area contributed by atoms with Crippen molar-refractivity contribution in [2.24, 2.45) is 28.6 Å². The van der Waals surface area contributed by atoms with E-state index in [2.05, 4.69) is 55.5 Å². The van der Waals surface area contributed by atoms with Crippen molar-refractivity contribution in [3.63, 3.8) is 0 Å². The van der Waals surface area contributed by atoms with Crippen molar-refractivity contribution in [1.82, 2.24) is 0 Å². The summed E-state index contributed by atoms with van der Waals surface area (Å²) in [6, 6.07) is 0. The predicted molar refractivity (Wildman–Crippen MR) is 117 cm³/mol. The van der Waals surface area contributed by atoms with Gasteiger partial charge in [-0.3, -0.25) is 0 Å². The smallest absolute Gasteiger partial charge is 0.340 e. The number of rotatable bonds is 5. The van der Waals surface area contributed by atoms with Crippen LogP contribution in [0.4, 0.5) is 0 Å². The van der Waals surface area contributed by atoms with Gasteiger partial charge in [0.25, 0.3) is 0 Å². The zero-order chi connectivity index (χ0) is 20.7. The van der Waals surface area contributed by atoms with Gasteiger partial charge < -0.3 is 9.47 Å². The van der Waals surface area contributed by atoms with Crippen molar-refractivity contribution in [2.75, 3.05) is 0 Å². The van der Waals surface area contributed by atoms with Crippen molar-refractivity contribution >= 4 is 21.9 Å². The third-order valence-electron chi connectivity index (χ3n) is 7.90. The molecule has 3 fully saturated rings. The zero-order valence-electron chi connectivity index (χ0n) is 18.6. The Morgan fingerprint density at radius 3 is 2.61 bits per heavy atom. The number of halogens is 1. The number of fused-ring (bicyclic) bond motifs is 1. The van der Waals surface area contributed by atoms with Crippen LogP contribution in [0, 0.1) is 28.6 Å². The molecule has 1 aliphatic heterocycles. The van der Waals surface area contributed by atoms with Crippen LogP contribution in [0.1, 0.15) is 92.9 Å². The molecule has 0 bridgehead atoms. The van der Waals surface area contributed by atoms with Crippen LogP contribution in [-0.4, -0.2) is 17.9 Å². The number of hydrogen-bond donors (Lipinski definition) is 0. The Balaban J connectivity index is 1.56. The lowest BCUT2D eigenvalue weighted by Gasteiger charge is -2.44. The van der Waals surface area contributed by atoms with Crippen LogP contribution < -0.4 is 0 Å². The summed E-state index contributed by atoms with van der Waals surface area (Å²) in [5, 5.41) is 0. The van der Waals surface area contributed by atoms with E-state index in [9.17, 15) is 4.79 Å². The van der Waals surface area contributed by atoms with Crippen LogP contribution in [0.15, 0.2) is 10.6 Å². The fourth-order valence-corrected chi connectivity index (χ4v) is 6.70. The molecule has 1 saturated heterocycles. The number of hydrogen-bond acceptors (Lipinski definition) is 3. The van der Waals surface area contributed by atoms with E-state index in [1.807, 2.05) is 6.92 Å². The van der Waals surface area contributed by atoms with Crippen LogP contribution in [0.3, 0.4) is 0 Å². The van der Waals surface area contributed by atoms with Gasteiger partial charge in [-0.25, -0.2) is 4.79 Å². The van der Waals surface area contributed by atoms with E-state index in [-0.39, 0.29) is 11.4 Å². The van der Waals surface area contributed by atoms with E-state index in [4.69, 9.17) is 9.47 Å². The number of ether oxygens (including phenoxy) is 2. The first-order valence-corrected chi connectivity index (χ1v) is 12.1. The molecule has 1 unspecified atom stereocenters. The Hall–Kier alpha value is -0.350. The van der Waals surface area contributed by atoms with E-state index in [1.54, 1.807) is 5.57 Å². The normalized spacial score (nSPS) is 41.2. The summed E-state index contributed by atoms with van der Waals surface area (Å²) in [5.74, 6) is 2.04. The molecule has 0 aromatic rings. The second kappa shape index (κ2) is 8.06. The van der Waals surface area contributed by atoms with E-state index in [1.165, 1.54) is 32.1 Å². The molecule has 2 aliphatic carbocycles. The van der Waals surface area contributed by atoms with Gasteiger partial charge in [-0.2, -0.15) is 0 Å². The number of cyclic esters (lactones) is 1. The third-order valence-corrected chi connectivity index (χ3v) is 8.49. The molecular formula is C24H39BrO3. The third kappa shape index (κ3) is 4.10. The van der Waals surface area contributed by atoms with Crippen molar-refractivity contribution in [1.29, 1.82) is 0 Å². The van der Waals surface area contributed by atoms with Crippen LogP contribution in [0.25, 0.3) is 0 Å². The number of carbonyl (C=O) groups is 1. The molecule has 2 saturated carbocycles. The van der Waals surface area contributed by atoms with E-state index >= 15 is 0 Å². The Bertz CT molecular complexity index is 622. The Morgan fingerprint density at radius 1 is 1.29 bits per heavy atom. The lowest BCUT2D eigenvalue weighted by molar-refractivity contribution is -0.155. The lowest BCUT2D eigenvalue weighted by atomic mass is 9.61. The molecule has 4 heteroatoms. The molecule has 3 aliphatic rings. The van der Waals surface area contributed by atoms with Crippen molar-refractivity contribution in [3.05, 3.63) is 10.6 Å². The standard InChI is InChI=1S/C24H39BrO3/c1-16(18-11-12-19-17(15-25)10-8-13-23(18,19)5)9-7-14-24(6)20(26)27-21(28-24)22(2,3)4/h15-16,18-19,21H,7-14H2,1-6H3/t16-,18-,19?,21+,23+,24+/m1/s1. The van der Waals surface area contributed by atoms with Gasteiger partial charge in [0.1, 0.15) is 0 Å². The van der Waals surface area contributed by atoms with Gasteiger partial charge in [0.05, 0.1) is 0 Å². The van der Waals surface area contributed by atoms with Gasteiger partial charge >= 0.3 is 5.97 Å². The summed E-state index contributed by atoms with van der Waals surface area (Å²) < 4.78 is 11.6. The van der Waals surface area contributed by atoms with Crippen molar-refractivity contribution in [2.45, 2.75) is 105 Å². The summed E-state index contributed by atoms with van der Waals surface area (Å²) in [7, 11) is 0. The SMILES string of the molecule is C[C@H](CCC[C@]1(C)O[C@@H](C(C)(C)C)OC1=O)[C@H]1CCC2C(=CBr)CCC[C@]21C. The molecule has 6 atom stereocenters. The largest absolute Gasteiger partial charge is 0.433 e. The van der Waals surface area contributed by atoms with Gasteiger partial charge in [-0.15, -0.1) is 0 Å². The van der Waals surface area contributed by atoms with Crippen molar-refractivity contribution < 1.29 is 14.3 Å². The highest BCUT2D eigenvalue weighted by Gasteiger charge is 2.52.